The maximum absolute atomic E-state index is 11.1. The fourth-order valence-corrected chi connectivity index (χ4v) is 1.43. The normalized spacial score (nSPS) is 11.6. The van der Waals surface area contributed by atoms with E-state index in [1.54, 1.807) is 7.05 Å². The minimum atomic E-state index is -2.29. The largest absolute Gasteiger partial charge is 1.00 e. The van der Waals surface area contributed by atoms with Gasteiger partial charge in [-0.2, -0.15) is 0 Å². The zero-order valence-corrected chi connectivity index (χ0v) is 11.1. The number of carbonyl (C=O) groups excluding carboxylic acids is 1. The van der Waals surface area contributed by atoms with Crippen LogP contribution < -0.4 is 34.9 Å². The van der Waals surface area contributed by atoms with Crippen LogP contribution >= 0.6 is 0 Å². The van der Waals surface area contributed by atoms with E-state index in [1.807, 2.05) is 0 Å². The molecule has 0 bridgehead atoms. The van der Waals surface area contributed by atoms with Crippen molar-refractivity contribution in [2.75, 3.05) is 7.05 Å². The molecule has 0 aliphatic carbocycles. The summed E-state index contributed by atoms with van der Waals surface area (Å²) in [7, 11) is 3.10. The summed E-state index contributed by atoms with van der Waals surface area (Å²) in [6.07, 6.45) is 1.38. The van der Waals surface area contributed by atoms with Crippen molar-refractivity contribution in [2.24, 2.45) is 7.05 Å². The van der Waals surface area contributed by atoms with Gasteiger partial charge in [0.05, 0.1) is 0 Å². The SMILES string of the molecule is CNC(=O)c1cc(S(=O)[O-])cn1C.[Na+]. The zero-order valence-electron chi connectivity index (χ0n) is 8.23. The van der Waals surface area contributed by atoms with Crippen LogP contribution in [0.15, 0.2) is 17.2 Å². The third kappa shape index (κ3) is 2.93. The monoisotopic (exact) mass is 224 g/mol. The molecule has 0 saturated heterocycles. The van der Waals surface area contributed by atoms with E-state index in [-0.39, 0.29) is 40.4 Å². The van der Waals surface area contributed by atoms with Gasteiger partial charge in [0.1, 0.15) is 5.69 Å². The van der Waals surface area contributed by atoms with Crippen molar-refractivity contribution >= 4 is 17.0 Å². The molecule has 1 heterocycles. The Kier molecular flexibility index (Phi) is 5.61. The number of nitrogens with zero attached hydrogens (tertiary/aromatic N) is 1. The second kappa shape index (κ2) is 5.67. The van der Waals surface area contributed by atoms with Gasteiger partial charge in [0, 0.05) is 25.2 Å². The van der Waals surface area contributed by atoms with E-state index >= 15 is 0 Å². The van der Waals surface area contributed by atoms with Gasteiger partial charge in [-0.05, 0) is 17.1 Å². The third-order valence-electron chi connectivity index (χ3n) is 1.63. The Morgan fingerprint density at radius 3 is 2.57 bits per heavy atom. The molecular weight excluding hydrogens is 215 g/mol. The smallest absolute Gasteiger partial charge is 0.768 e. The van der Waals surface area contributed by atoms with Gasteiger partial charge in [-0.25, -0.2) is 0 Å². The average Bonchev–Trinajstić information content (AvgIpc) is 2.46. The molecule has 1 aromatic rings. The summed E-state index contributed by atoms with van der Waals surface area (Å²) in [6.45, 7) is 0. The second-order valence-corrected chi connectivity index (χ2v) is 3.43. The first-order valence-corrected chi connectivity index (χ1v) is 4.61. The van der Waals surface area contributed by atoms with E-state index in [9.17, 15) is 13.6 Å². The number of nitrogens with one attached hydrogen (secondary N) is 1. The standard InChI is InChI=1S/C7H10N2O3S.Na/c1-8-7(10)6-3-5(13(11)12)4-9(6)2;/h3-4H,1-2H3,(H,8,10)(H,11,12);/q;+1/p-1. The van der Waals surface area contributed by atoms with E-state index in [0.29, 0.717) is 5.69 Å². The van der Waals surface area contributed by atoms with Crippen molar-refractivity contribution in [3.63, 3.8) is 0 Å². The average molecular weight is 224 g/mol. The van der Waals surface area contributed by atoms with Gasteiger partial charge in [-0.15, -0.1) is 0 Å². The van der Waals surface area contributed by atoms with Crippen molar-refractivity contribution in [3.8, 4) is 0 Å². The maximum atomic E-state index is 11.1. The minimum absolute atomic E-state index is 0. The summed E-state index contributed by atoms with van der Waals surface area (Å²) in [5, 5.41) is 2.41. The molecule has 0 aliphatic rings. The summed E-state index contributed by atoms with van der Waals surface area (Å²) in [5.74, 6) is -0.306. The van der Waals surface area contributed by atoms with Gasteiger partial charge in [0.2, 0.25) is 0 Å². The Morgan fingerprint density at radius 1 is 1.64 bits per heavy atom. The van der Waals surface area contributed by atoms with Crippen LogP contribution in [0.5, 0.6) is 0 Å². The molecular formula is C7H9N2NaO3S. The Morgan fingerprint density at radius 2 is 2.21 bits per heavy atom. The van der Waals surface area contributed by atoms with Crippen LogP contribution in [-0.4, -0.2) is 26.3 Å². The quantitative estimate of drug-likeness (QED) is 0.421. The van der Waals surface area contributed by atoms with Crippen molar-refractivity contribution in [1.29, 1.82) is 0 Å². The van der Waals surface area contributed by atoms with Crippen LogP contribution in [-0.2, 0) is 18.1 Å². The number of aromatic nitrogens is 1. The number of hydrogen-bond acceptors (Lipinski definition) is 3. The van der Waals surface area contributed by atoms with Gasteiger partial charge in [-0.3, -0.25) is 9.00 Å². The molecule has 0 aromatic carbocycles. The Labute approximate surface area is 106 Å². The van der Waals surface area contributed by atoms with Gasteiger partial charge in [-0.1, -0.05) is 0 Å². The molecule has 1 aromatic heterocycles. The minimum Gasteiger partial charge on any atom is -0.768 e. The van der Waals surface area contributed by atoms with E-state index in [2.05, 4.69) is 5.32 Å². The molecule has 1 rings (SSSR count). The van der Waals surface area contributed by atoms with Crippen LogP contribution in [0.1, 0.15) is 10.5 Å². The Balaban J connectivity index is 0.00000169. The molecule has 0 aliphatic heterocycles. The van der Waals surface area contributed by atoms with Crippen LogP contribution in [0, 0.1) is 0 Å². The summed E-state index contributed by atoms with van der Waals surface area (Å²) in [5.41, 5.74) is 0.321. The third-order valence-corrected chi connectivity index (χ3v) is 2.24. The molecule has 14 heavy (non-hydrogen) atoms. The zero-order chi connectivity index (χ0) is 10.0. The second-order valence-electron chi connectivity index (χ2n) is 2.49. The number of aryl methyl sites for hydroxylation is 1. The summed E-state index contributed by atoms with van der Waals surface area (Å²) in [6, 6.07) is 1.32. The van der Waals surface area contributed by atoms with E-state index < -0.39 is 11.1 Å². The maximum Gasteiger partial charge on any atom is 1.00 e. The van der Waals surface area contributed by atoms with E-state index in [4.69, 9.17) is 0 Å². The molecule has 1 atom stereocenters. The molecule has 1 unspecified atom stereocenters. The summed E-state index contributed by atoms with van der Waals surface area (Å²) < 4.78 is 22.5. The van der Waals surface area contributed by atoms with Crippen LogP contribution in [0.4, 0.5) is 0 Å². The van der Waals surface area contributed by atoms with Crippen molar-refractivity contribution in [2.45, 2.75) is 4.90 Å². The van der Waals surface area contributed by atoms with Gasteiger partial charge < -0.3 is 14.4 Å². The molecule has 1 N–H and O–H groups in total. The first-order valence-electron chi connectivity index (χ1n) is 3.54. The molecule has 1 amide bonds. The van der Waals surface area contributed by atoms with Gasteiger partial charge >= 0.3 is 29.6 Å². The fraction of sp³-hybridized carbons (Fsp3) is 0.286. The van der Waals surface area contributed by atoms with Crippen LogP contribution in [0.25, 0.3) is 0 Å². The first-order chi connectivity index (χ1) is 6.06. The molecule has 0 spiro atoms. The Hall–Kier alpha value is -0.140. The van der Waals surface area contributed by atoms with Crippen LogP contribution in [0.3, 0.4) is 0 Å². The van der Waals surface area contributed by atoms with Crippen molar-refractivity contribution in [3.05, 3.63) is 18.0 Å². The predicted molar refractivity (Wildman–Crippen MR) is 46.0 cm³/mol. The number of rotatable bonds is 2. The molecule has 5 nitrogen and oxygen atoms in total. The first kappa shape index (κ1) is 13.9. The van der Waals surface area contributed by atoms with Crippen molar-refractivity contribution in [1.82, 2.24) is 9.88 Å². The fourth-order valence-electron chi connectivity index (χ4n) is 0.979. The number of amides is 1. The summed E-state index contributed by atoms with van der Waals surface area (Å²) in [4.78, 5) is 11.2. The van der Waals surface area contributed by atoms with Gasteiger partial charge in [0.15, 0.2) is 0 Å². The van der Waals surface area contributed by atoms with E-state index in [0.717, 1.165) is 0 Å². The predicted octanol–water partition coefficient (Wildman–Crippen LogP) is -3.37. The van der Waals surface area contributed by atoms with E-state index in [1.165, 1.54) is 23.9 Å². The molecule has 0 saturated carbocycles. The summed E-state index contributed by atoms with van der Waals surface area (Å²) >= 11 is -2.29. The Bertz CT molecular complexity index is 364. The van der Waals surface area contributed by atoms with Crippen LogP contribution in [0.2, 0.25) is 0 Å². The molecule has 7 heteroatoms. The molecule has 72 valence electrons. The topological polar surface area (TPSA) is 74.2 Å². The molecule has 0 radical (unpaired) electrons. The van der Waals surface area contributed by atoms with Crippen molar-refractivity contribution < 1.29 is 43.1 Å². The number of carbonyl (C=O) groups is 1. The van der Waals surface area contributed by atoms with Gasteiger partial charge in [0.25, 0.3) is 5.91 Å². The molecule has 0 fully saturated rings. The number of hydrogen-bond donors (Lipinski definition) is 1.